The molecule has 0 aliphatic rings. The van der Waals surface area contributed by atoms with Crippen LogP contribution in [0.1, 0.15) is 20.9 Å². The molecule has 2 heterocycles. The fourth-order valence-electron chi connectivity index (χ4n) is 2.47. The van der Waals surface area contributed by atoms with Crippen molar-refractivity contribution < 1.29 is 13.2 Å². The van der Waals surface area contributed by atoms with Gasteiger partial charge in [-0.15, -0.1) is 11.3 Å². The van der Waals surface area contributed by atoms with Crippen LogP contribution in [0.25, 0.3) is 10.6 Å². The molecule has 140 valence electrons. The Morgan fingerprint density at radius 1 is 1.15 bits per heavy atom. The number of primary sulfonamides is 1. The van der Waals surface area contributed by atoms with Crippen LogP contribution in [-0.4, -0.2) is 30.8 Å². The summed E-state index contributed by atoms with van der Waals surface area (Å²) >= 11 is 1.34. The second-order valence-corrected chi connectivity index (χ2v) is 8.42. The van der Waals surface area contributed by atoms with E-state index < -0.39 is 10.0 Å². The van der Waals surface area contributed by atoms with Crippen molar-refractivity contribution in [1.29, 1.82) is 0 Å². The third kappa shape index (κ3) is 4.76. The summed E-state index contributed by atoms with van der Waals surface area (Å²) in [5.74, 6) is -0.175. The minimum absolute atomic E-state index is 0.0687. The fraction of sp³-hybridized carbons (Fsp3) is 0.167. The standard InChI is InChI=1S/C18H18N4O3S2/c1-12-16(26-18(22-12)14-7-9-20-10-8-14)17(23)21-11-6-13-2-4-15(5-3-13)27(19,24)25/h2-5,7-10H,6,11H2,1H3,(H,21,23)(H2,19,24,25). The molecule has 2 aromatic heterocycles. The van der Waals surface area contributed by atoms with Gasteiger partial charge in [-0.25, -0.2) is 18.5 Å². The first-order chi connectivity index (χ1) is 12.8. The van der Waals surface area contributed by atoms with Crippen LogP contribution in [0.5, 0.6) is 0 Å². The molecule has 0 radical (unpaired) electrons. The molecule has 0 aliphatic carbocycles. The Labute approximate surface area is 161 Å². The van der Waals surface area contributed by atoms with E-state index in [0.717, 1.165) is 16.1 Å². The molecule has 0 saturated carbocycles. The normalized spacial score (nSPS) is 11.3. The Kier molecular flexibility index (Phi) is 5.64. The highest BCUT2D eigenvalue weighted by Crippen LogP contribution is 2.27. The van der Waals surface area contributed by atoms with E-state index in [1.807, 2.05) is 19.1 Å². The van der Waals surface area contributed by atoms with E-state index in [1.165, 1.54) is 23.5 Å². The van der Waals surface area contributed by atoms with Crippen molar-refractivity contribution in [1.82, 2.24) is 15.3 Å². The van der Waals surface area contributed by atoms with Crippen molar-refractivity contribution in [2.45, 2.75) is 18.2 Å². The van der Waals surface area contributed by atoms with Gasteiger partial charge in [0, 0.05) is 24.5 Å². The van der Waals surface area contributed by atoms with Crippen molar-refractivity contribution in [3.8, 4) is 10.6 Å². The van der Waals surface area contributed by atoms with Crippen molar-refractivity contribution in [2.24, 2.45) is 5.14 Å². The SMILES string of the molecule is Cc1nc(-c2ccncc2)sc1C(=O)NCCc1ccc(S(N)(=O)=O)cc1. The topological polar surface area (TPSA) is 115 Å². The highest BCUT2D eigenvalue weighted by molar-refractivity contribution is 7.89. The average molecular weight is 403 g/mol. The zero-order valence-electron chi connectivity index (χ0n) is 14.5. The maximum Gasteiger partial charge on any atom is 0.263 e. The van der Waals surface area contributed by atoms with E-state index in [9.17, 15) is 13.2 Å². The summed E-state index contributed by atoms with van der Waals surface area (Å²) in [5.41, 5.74) is 2.51. The number of nitrogens with zero attached hydrogens (tertiary/aromatic N) is 2. The maximum atomic E-state index is 12.4. The molecule has 0 unspecified atom stereocenters. The van der Waals surface area contributed by atoms with Crippen LogP contribution in [-0.2, 0) is 16.4 Å². The van der Waals surface area contributed by atoms with E-state index in [2.05, 4.69) is 15.3 Å². The van der Waals surface area contributed by atoms with E-state index in [4.69, 9.17) is 5.14 Å². The van der Waals surface area contributed by atoms with Crippen molar-refractivity contribution in [3.05, 3.63) is 64.9 Å². The summed E-state index contributed by atoms with van der Waals surface area (Å²) < 4.78 is 22.5. The molecule has 0 aliphatic heterocycles. The number of benzene rings is 1. The predicted octanol–water partition coefficient (Wildman–Crippen LogP) is 2.13. The number of amides is 1. The Bertz CT molecular complexity index is 1050. The smallest absolute Gasteiger partial charge is 0.263 e. The van der Waals surface area contributed by atoms with Gasteiger partial charge in [0.1, 0.15) is 9.88 Å². The lowest BCUT2D eigenvalue weighted by Crippen LogP contribution is -2.25. The molecule has 0 saturated heterocycles. The van der Waals surface area contributed by atoms with Gasteiger partial charge in [0.05, 0.1) is 10.6 Å². The van der Waals surface area contributed by atoms with E-state index >= 15 is 0 Å². The Balaban J connectivity index is 1.61. The number of carbonyl (C=O) groups is 1. The van der Waals surface area contributed by atoms with E-state index in [-0.39, 0.29) is 10.8 Å². The molecule has 1 amide bonds. The first-order valence-corrected chi connectivity index (χ1v) is 10.5. The van der Waals surface area contributed by atoms with Gasteiger partial charge in [-0.2, -0.15) is 0 Å². The van der Waals surface area contributed by atoms with Crippen molar-refractivity contribution >= 4 is 27.3 Å². The fourth-order valence-corrected chi connectivity index (χ4v) is 3.98. The average Bonchev–Trinajstić information content (AvgIpc) is 3.04. The molecule has 0 bridgehead atoms. The molecule has 3 rings (SSSR count). The van der Waals surface area contributed by atoms with Crippen LogP contribution >= 0.6 is 11.3 Å². The predicted molar refractivity (Wildman–Crippen MR) is 104 cm³/mol. The number of pyridine rings is 1. The minimum atomic E-state index is -3.69. The summed E-state index contributed by atoms with van der Waals surface area (Å²) in [6.07, 6.45) is 3.95. The molecule has 27 heavy (non-hydrogen) atoms. The molecule has 0 atom stereocenters. The number of rotatable bonds is 6. The largest absolute Gasteiger partial charge is 0.351 e. The second kappa shape index (κ2) is 7.95. The monoisotopic (exact) mass is 402 g/mol. The van der Waals surface area contributed by atoms with E-state index in [1.54, 1.807) is 24.5 Å². The Hall–Kier alpha value is -2.62. The number of nitrogens with two attached hydrogens (primary N) is 1. The number of aromatic nitrogens is 2. The summed E-state index contributed by atoms with van der Waals surface area (Å²) in [5, 5.41) is 8.73. The van der Waals surface area contributed by atoms with Crippen LogP contribution < -0.4 is 10.5 Å². The van der Waals surface area contributed by atoms with Gasteiger partial charge in [-0.3, -0.25) is 9.78 Å². The quantitative estimate of drug-likeness (QED) is 0.655. The summed E-state index contributed by atoms with van der Waals surface area (Å²) in [7, 11) is -3.69. The lowest BCUT2D eigenvalue weighted by atomic mass is 10.1. The lowest BCUT2D eigenvalue weighted by Gasteiger charge is -2.05. The third-order valence-corrected chi connectivity index (χ3v) is 6.02. The number of carbonyl (C=O) groups excluding carboxylic acids is 1. The van der Waals surface area contributed by atoms with Gasteiger partial charge in [-0.05, 0) is 43.2 Å². The number of sulfonamides is 1. The van der Waals surface area contributed by atoms with Gasteiger partial charge >= 0.3 is 0 Å². The van der Waals surface area contributed by atoms with E-state index in [0.29, 0.717) is 23.5 Å². The first kappa shape index (κ1) is 19.2. The summed E-state index contributed by atoms with van der Waals surface area (Å²) in [6.45, 7) is 2.23. The van der Waals surface area contributed by atoms with Crippen LogP contribution in [0.15, 0.2) is 53.7 Å². The highest BCUT2D eigenvalue weighted by Gasteiger charge is 2.16. The van der Waals surface area contributed by atoms with Gasteiger partial charge in [0.25, 0.3) is 5.91 Å². The molecule has 9 heteroatoms. The molecule has 7 nitrogen and oxygen atoms in total. The molecule has 3 aromatic rings. The number of nitrogens with one attached hydrogen (secondary N) is 1. The first-order valence-electron chi connectivity index (χ1n) is 8.12. The molecule has 0 fully saturated rings. The summed E-state index contributed by atoms with van der Waals surface area (Å²) in [4.78, 5) is 21.5. The van der Waals surface area contributed by atoms with Crippen molar-refractivity contribution in [2.75, 3.05) is 6.54 Å². The second-order valence-electron chi connectivity index (χ2n) is 5.86. The molecule has 0 spiro atoms. The number of hydrogen-bond donors (Lipinski definition) is 2. The zero-order valence-corrected chi connectivity index (χ0v) is 16.2. The third-order valence-electron chi connectivity index (χ3n) is 3.88. The minimum Gasteiger partial charge on any atom is -0.351 e. The van der Waals surface area contributed by atoms with Crippen LogP contribution in [0, 0.1) is 6.92 Å². The highest BCUT2D eigenvalue weighted by atomic mass is 32.2. The van der Waals surface area contributed by atoms with Gasteiger partial charge in [0.2, 0.25) is 10.0 Å². The number of aryl methyl sites for hydroxylation is 1. The van der Waals surface area contributed by atoms with Gasteiger partial charge < -0.3 is 5.32 Å². The van der Waals surface area contributed by atoms with Crippen LogP contribution in [0.3, 0.4) is 0 Å². The molecular weight excluding hydrogens is 384 g/mol. The number of thiazole rings is 1. The summed E-state index contributed by atoms with van der Waals surface area (Å²) in [6, 6.07) is 9.99. The Morgan fingerprint density at radius 3 is 2.44 bits per heavy atom. The number of hydrogen-bond acceptors (Lipinski definition) is 6. The maximum absolute atomic E-state index is 12.4. The van der Waals surface area contributed by atoms with Crippen LogP contribution in [0.2, 0.25) is 0 Å². The molecule has 1 aromatic carbocycles. The lowest BCUT2D eigenvalue weighted by molar-refractivity contribution is 0.0957. The van der Waals surface area contributed by atoms with Gasteiger partial charge in [0.15, 0.2) is 0 Å². The Morgan fingerprint density at radius 2 is 1.81 bits per heavy atom. The molecular formula is C18H18N4O3S2. The zero-order chi connectivity index (χ0) is 19.4. The van der Waals surface area contributed by atoms with Crippen LogP contribution in [0.4, 0.5) is 0 Å². The van der Waals surface area contributed by atoms with Crippen molar-refractivity contribution in [3.63, 3.8) is 0 Å². The van der Waals surface area contributed by atoms with Gasteiger partial charge in [-0.1, -0.05) is 12.1 Å². The molecule has 3 N–H and O–H groups in total.